The zero-order chi connectivity index (χ0) is 14.2. The SMILES string of the molecule is CSC(=Nc1ccc(CC2CCNCC2)cc1)NC#N. The fourth-order valence-corrected chi connectivity index (χ4v) is 2.76. The smallest absolute Gasteiger partial charge is 0.183 e. The van der Waals surface area contributed by atoms with Gasteiger partial charge in [-0.05, 0) is 62.2 Å². The molecule has 0 spiro atoms. The summed E-state index contributed by atoms with van der Waals surface area (Å²) >= 11 is 1.43. The summed E-state index contributed by atoms with van der Waals surface area (Å²) in [5.41, 5.74) is 2.25. The number of benzene rings is 1. The van der Waals surface area contributed by atoms with Crippen LogP contribution in [-0.2, 0) is 6.42 Å². The van der Waals surface area contributed by atoms with Crippen molar-refractivity contribution >= 4 is 22.6 Å². The molecule has 2 rings (SSSR count). The Morgan fingerprint density at radius 3 is 2.70 bits per heavy atom. The van der Waals surface area contributed by atoms with E-state index in [1.54, 1.807) is 0 Å². The molecule has 0 unspecified atom stereocenters. The Hall–Kier alpha value is -1.51. The molecule has 5 heteroatoms. The van der Waals surface area contributed by atoms with E-state index in [1.807, 2.05) is 24.6 Å². The molecule has 0 aliphatic carbocycles. The monoisotopic (exact) mass is 288 g/mol. The van der Waals surface area contributed by atoms with Gasteiger partial charge >= 0.3 is 0 Å². The zero-order valence-corrected chi connectivity index (χ0v) is 12.5. The van der Waals surface area contributed by atoms with Crippen molar-refractivity contribution < 1.29 is 0 Å². The molecule has 2 N–H and O–H groups in total. The molecule has 1 aliphatic rings. The average Bonchev–Trinajstić information content (AvgIpc) is 2.50. The Kier molecular flexibility index (Phi) is 5.90. The molecule has 1 aromatic carbocycles. The van der Waals surface area contributed by atoms with Crippen LogP contribution in [0.5, 0.6) is 0 Å². The van der Waals surface area contributed by atoms with Crippen molar-refractivity contribution in [1.29, 1.82) is 5.26 Å². The highest BCUT2D eigenvalue weighted by molar-refractivity contribution is 8.13. The van der Waals surface area contributed by atoms with Crippen LogP contribution in [0.4, 0.5) is 5.69 Å². The number of nitrogens with one attached hydrogen (secondary N) is 2. The molecule has 0 bridgehead atoms. The number of hydrogen-bond acceptors (Lipinski definition) is 4. The molecule has 0 atom stereocenters. The molecular weight excluding hydrogens is 268 g/mol. The highest BCUT2D eigenvalue weighted by Crippen LogP contribution is 2.20. The zero-order valence-electron chi connectivity index (χ0n) is 11.7. The van der Waals surface area contributed by atoms with Gasteiger partial charge in [0.15, 0.2) is 11.4 Å². The van der Waals surface area contributed by atoms with Crippen molar-refractivity contribution in [2.75, 3.05) is 19.3 Å². The van der Waals surface area contributed by atoms with Crippen molar-refractivity contribution in [2.24, 2.45) is 10.9 Å². The van der Waals surface area contributed by atoms with E-state index >= 15 is 0 Å². The topological polar surface area (TPSA) is 60.2 Å². The van der Waals surface area contributed by atoms with Crippen molar-refractivity contribution in [2.45, 2.75) is 19.3 Å². The van der Waals surface area contributed by atoms with Gasteiger partial charge in [-0.15, -0.1) is 0 Å². The standard InChI is InChI=1S/C15H20N4S/c1-20-15(18-11-16)19-14-4-2-12(3-5-14)10-13-6-8-17-9-7-13/h2-5,13,17H,6-10H2,1H3,(H,18,19). The van der Waals surface area contributed by atoms with E-state index < -0.39 is 0 Å². The number of hydrogen-bond donors (Lipinski definition) is 2. The lowest BCUT2D eigenvalue weighted by Gasteiger charge is -2.22. The maximum absolute atomic E-state index is 8.61. The number of piperidine rings is 1. The first kappa shape index (κ1) is 14.9. The van der Waals surface area contributed by atoms with Gasteiger partial charge in [0.1, 0.15) is 0 Å². The molecule has 0 amide bonds. The van der Waals surface area contributed by atoms with E-state index in [-0.39, 0.29) is 0 Å². The number of aliphatic imine (C=N–C) groups is 1. The number of rotatable bonds is 3. The maximum Gasteiger partial charge on any atom is 0.183 e. The minimum atomic E-state index is 0.624. The van der Waals surface area contributed by atoms with E-state index in [9.17, 15) is 0 Å². The summed E-state index contributed by atoms with van der Waals surface area (Å²) in [6, 6.07) is 8.33. The average molecular weight is 288 g/mol. The van der Waals surface area contributed by atoms with Gasteiger partial charge in [-0.25, -0.2) is 4.99 Å². The summed E-state index contributed by atoms with van der Waals surface area (Å²) < 4.78 is 0. The van der Waals surface area contributed by atoms with Crippen molar-refractivity contribution in [3.05, 3.63) is 29.8 Å². The summed E-state index contributed by atoms with van der Waals surface area (Å²) in [5, 5.41) is 15.2. The van der Waals surface area contributed by atoms with Crippen LogP contribution in [0.3, 0.4) is 0 Å². The largest absolute Gasteiger partial charge is 0.317 e. The van der Waals surface area contributed by atoms with Crippen molar-refractivity contribution in [1.82, 2.24) is 10.6 Å². The van der Waals surface area contributed by atoms with Gasteiger partial charge in [0.25, 0.3) is 0 Å². The summed E-state index contributed by atoms with van der Waals surface area (Å²) in [6.07, 6.45) is 7.48. The molecular formula is C15H20N4S. The Morgan fingerprint density at radius 1 is 1.40 bits per heavy atom. The summed E-state index contributed by atoms with van der Waals surface area (Å²) in [7, 11) is 0. The van der Waals surface area contributed by atoms with Crippen LogP contribution in [-0.4, -0.2) is 24.5 Å². The summed E-state index contributed by atoms with van der Waals surface area (Å²) in [4.78, 5) is 4.39. The lowest BCUT2D eigenvalue weighted by Crippen LogP contribution is -2.28. The highest BCUT2D eigenvalue weighted by atomic mass is 32.2. The molecule has 106 valence electrons. The van der Waals surface area contributed by atoms with Crippen LogP contribution in [0.25, 0.3) is 0 Å². The van der Waals surface area contributed by atoms with Gasteiger partial charge in [-0.2, -0.15) is 5.26 Å². The molecule has 1 saturated heterocycles. The minimum Gasteiger partial charge on any atom is -0.317 e. The van der Waals surface area contributed by atoms with Gasteiger partial charge in [0.2, 0.25) is 0 Å². The third-order valence-corrected chi connectivity index (χ3v) is 4.09. The molecule has 1 heterocycles. The van der Waals surface area contributed by atoms with E-state index in [0.29, 0.717) is 5.17 Å². The third-order valence-electron chi connectivity index (χ3n) is 3.51. The normalized spacial score (nSPS) is 16.7. The second kappa shape index (κ2) is 7.93. The summed E-state index contributed by atoms with van der Waals surface area (Å²) in [6.45, 7) is 2.29. The van der Waals surface area contributed by atoms with Crippen LogP contribution in [0, 0.1) is 17.4 Å². The molecule has 4 nitrogen and oxygen atoms in total. The fourth-order valence-electron chi connectivity index (χ4n) is 2.42. The first-order valence-electron chi connectivity index (χ1n) is 6.89. The number of amidine groups is 1. The second-order valence-electron chi connectivity index (χ2n) is 4.92. The number of thioether (sulfide) groups is 1. The van der Waals surface area contributed by atoms with Crippen LogP contribution in [0.1, 0.15) is 18.4 Å². The molecule has 20 heavy (non-hydrogen) atoms. The van der Waals surface area contributed by atoms with Crippen molar-refractivity contribution in [3.8, 4) is 6.19 Å². The quantitative estimate of drug-likeness (QED) is 0.388. The maximum atomic E-state index is 8.61. The first-order valence-corrected chi connectivity index (χ1v) is 8.11. The Labute approximate surface area is 124 Å². The Morgan fingerprint density at radius 2 is 2.10 bits per heavy atom. The molecule has 1 fully saturated rings. The van der Waals surface area contributed by atoms with Crippen LogP contribution >= 0.6 is 11.8 Å². The summed E-state index contributed by atoms with van der Waals surface area (Å²) in [5.74, 6) is 0.799. The molecule has 0 aromatic heterocycles. The Balaban J connectivity index is 1.97. The molecule has 1 aromatic rings. The third kappa shape index (κ3) is 4.55. The predicted molar refractivity (Wildman–Crippen MR) is 85.1 cm³/mol. The van der Waals surface area contributed by atoms with E-state index in [4.69, 9.17) is 5.26 Å². The van der Waals surface area contributed by atoms with Crippen LogP contribution in [0.2, 0.25) is 0 Å². The lowest BCUT2D eigenvalue weighted by molar-refractivity contribution is 0.372. The van der Waals surface area contributed by atoms with E-state index in [0.717, 1.165) is 31.1 Å². The van der Waals surface area contributed by atoms with E-state index in [2.05, 4.69) is 27.8 Å². The van der Waals surface area contributed by atoms with Crippen LogP contribution < -0.4 is 10.6 Å². The predicted octanol–water partition coefficient (Wildman–Crippen LogP) is 2.65. The van der Waals surface area contributed by atoms with Gasteiger partial charge in [-0.1, -0.05) is 23.9 Å². The fraction of sp³-hybridized carbons (Fsp3) is 0.467. The highest BCUT2D eigenvalue weighted by Gasteiger charge is 2.13. The van der Waals surface area contributed by atoms with Crippen molar-refractivity contribution in [3.63, 3.8) is 0 Å². The molecule has 1 aliphatic heterocycles. The minimum absolute atomic E-state index is 0.624. The lowest BCUT2D eigenvalue weighted by atomic mass is 9.91. The second-order valence-corrected chi connectivity index (χ2v) is 5.72. The Bertz CT molecular complexity index is 484. The van der Waals surface area contributed by atoms with E-state index in [1.165, 1.54) is 30.2 Å². The van der Waals surface area contributed by atoms with Gasteiger partial charge in [-0.3, -0.25) is 5.32 Å². The van der Waals surface area contributed by atoms with Gasteiger partial charge in [0, 0.05) is 0 Å². The molecule has 0 saturated carbocycles. The van der Waals surface area contributed by atoms with Gasteiger partial charge in [0.05, 0.1) is 5.69 Å². The molecule has 0 radical (unpaired) electrons. The van der Waals surface area contributed by atoms with Crippen LogP contribution in [0.15, 0.2) is 29.3 Å². The number of nitrogens with zero attached hydrogens (tertiary/aromatic N) is 2. The first-order chi connectivity index (χ1) is 9.81. The number of nitriles is 1. The van der Waals surface area contributed by atoms with Gasteiger partial charge < -0.3 is 5.32 Å².